The lowest BCUT2D eigenvalue weighted by atomic mass is 10.3. The van der Waals surface area contributed by atoms with E-state index in [0.717, 1.165) is 12.3 Å². The number of guanidine groups is 1. The Morgan fingerprint density at radius 3 is 2.68 bits per heavy atom. The van der Waals surface area contributed by atoms with Crippen LogP contribution in [0.4, 0.5) is 5.69 Å². The van der Waals surface area contributed by atoms with E-state index in [-0.39, 0.29) is 12.4 Å². The summed E-state index contributed by atoms with van der Waals surface area (Å²) >= 11 is 12.2. The first-order valence-electron chi connectivity index (χ1n) is 6.43. The van der Waals surface area contributed by atoms with Gasteiger partial charge in [-0.1, -0.05) is 29.3 Å². The minimum atomic E-state index is 0. The number of hydrogen-bond donors (Lipinski definition) is 1. The van der Waals surface area contributed by atoms with E-state index < -0.39 is 0 Å². The van der Waals surface area contributed by atoms with Gasteiger partial charge in [-0.15, -0.1) is 12.4 Å². The number of aliphatic imine (C=N–C) groups is 1. The summed E-state index contributed by atoms with van der Waals surface area (Å²) in [7, 11) is 0. The van der Waals surface area contributed by atoms with Crippen molar-refractivity contribution in [3.63, 3.8) is 0 Å². The summed E-state index contributed by atoms with van der Waals surface area (Å²) in [6.07, 6.45) is 1.61. The summed E-state index contributed by atoms with van der Waals surface area (Å²) in [5, 5.41) is 5.80. The van der Waals surface area contributed by atoms with Crippen molar-refractivity contribution in [2.75, 3.05) is 13.1 Å². The van der Waals surface area contributed by atoms with Crippen molar-refractivity contribution in [1.82, 2.24) is 10.4 Å². The molecule has 0 aliphatic carbocycles. The Hall–Kier alpha value is -1.40. The molecule has 1 aliphatic heterocycles. The van der Waals surface area contributed by atoms with E-state index >= 15 is 0 Å². The third-order valence-corrected chi connectivity index (χ3v) is 3.54. The normalized spacial score (nSPS) is 15.7. The number of para-hydroxylation sites is 1. The van der Waals surface area contributed by atoms with Crippen LogP contribution in [0.3, 0.4) is 0 Å². The van der Waals surface area contributed by atoms with Crippen molar-refractivity contribution < 1.29 is 9.25 Å². The summed E-state index contributed by atoms with van der Waals surface area (Å²) in [5.74, 6) is 1.33. The molecule has 1 aromatic heterocycles. The maximum Gasteiger partial charge on any atom is 0.223 e. The highest BCUT2D eigenvalue weighted by Crippen LogP contribution is 2.33. The number of halogens is 3. The molecule has 1 fully saturated rings. The highest BCUT2D eigenvalue weighted by Gasteiger charge is 2.20. The Morgan fingerprint density at radius 2 is 2.00 bits per heavy atom. The molecule has 8 heteroatoms. The van der Waals surface area contributed by atoms with Crippen LogP contribution in [0.1, 0.15) is 5.76 Å². The predicted molar refractivity (Wildman–Crippen MR) is 89.0 cm³/mol. The molecular formula is C14H14Cl3N3O2. The largest absolute Gasteiger partial charge is 0.467 e. The van der Waals surface area contributed by atoms with Gasteiger partial charge in [0.25, 0.3) is 0 Å². The van der Waals surface area contributed by atoms with E-state index in [2.05, 4.69) is 10.3 Å². The molecule has 1 saturated heterocycles. The van der Waals surface area contributed by atoms with Gasteiger partial charge in [-0.25, -0.2) is 10.1 Å². The average Bonchev–Trinajstić information content (AvgIpc) is 3.12. The van der Waals surface area contributed by atoms with Crippen molar-refractivity contribution >= 4 is 47.3 Å². The van der Waals surface area contributed by atoms with Crippen LogP contribution >= 0.6 is 35.6 Å². The van der Waals surface area contributed by atoms with Gasteiger partial charge < -0.3 is 9.73 Å². The van der Waals surface area contributed by atoms with E-state index in [9.17, 15) is 0 Å². The van der Waals surface area contributed by atoms with E-state index in [0.29, 0.717) is 34.8 Å². The van der Waals surface area contributed by atoms with Crippen molar-refractivity contribution in [2.45, 2.75) is 6.61 Å². The maximum atomic E-state index is 6.12. The predicted octanol–water partition coefficient (Wildman–Crippen LogP) is 4.03. The van der Waals surface area contributed by atoms with Gasteiger partial charge in [-0.3, -0.25) is 4.84 Å². The van der Waals surface area contributed by atoms with Crippen LogP contribution in [0, 0.1) is 0 Å². The summed E-state index contributed by atoms with van der Waals surface area (Å²) in [6, 6.07) is 8.94. The number of nitrogens with one attached hydrogen (secondary N) is 1. The van der Waals surface area contributed by atoms with Crippen LogP contribution in [-0.4, -0.2) is 24.1 Å². The smallest absolute Gasteiger partial charge is 0.223 e. The van der Waals surface area contributed by atoms with Gasteiger partial charge in [0, 0.05) is 6.54 Å². The molecular weight excluding hydrogens is 349 g/mol. The standard InChI is InChI=1S/C14H13Cl2N3O2.ClH/c15-11-4-1-5-12(16)13(11)18-14-17-6-7-19(14)21-9-10-3-2-8-20-10;/h1-5,8H,6-7,9H2,(H,17,18);1H. The van der Waals surface area contributed by atoms with Gasteiger partial charge in [0.2, 0.25) is 5.96 Å². The molecule has 0 amide bonds. The monoisotopic (exact) mass is 361 g/mol. The van der Waals surface area contributed by atoms with E-state index in [1.165, 1.54) is 0 Å². The van der Waals surface area contributed by atoms with Crippen LogP contribution < -0.4 is 5.32 Å². The number of hydrogen-bond acceptors (Lipinski definition) is 3. The molecule has 1 aromatic carbocycles. The number of benzene rings is 1. The zero-order valence-electron chi connectivity index (χ0n) is 11.5. The van der Waals surface area contributed by atoms with Gasteiger partial charge in [0.15, 0.2) is 0 Å². The first-order chi connectivity index (χ1) is 10.2. The van der Waals surface area contributed by atoms with Crippen molar-refractivity contribution in [1.29, 1.82) is 0 Å². The Balaban J connectivity index is 0.00000176. The topological polar surface area (TPSA) is 50.0 Å². The molecule has 2 aromatic rings. The quantitative estimate of drug-likeness (QED) is 0.892. The summed E-state index contributed by atoms with van der Waals surface area (Å²) in [6.45, 7) is 1.75. The fraction of sp³-hybridized carbons (Fsp3) is 0.214. The Labute approximate surface area is 144 Å². The molecule has 1 N–H and O–H groups in total. The number of nitrogens with zero attached hydrogens (tertiary/aromatic N) is 2. The molecule has 3 rings (SSSR count). The second-order valence-electron chi connectivity index (χ2n) is 4.39. The Bertz CT molecular complexity index is 627. The van der Waals surface area contributed by atoms with Crippen LogP contribution in [0.2, 0.25) is 10.0 Å². The molecule has 2 heterocycles. The van der Waals surface area contributed by atoms with E-state index in [1.54, 1.807) is 29.5 Å². The minimum absolute atomic E-state index is 0. The second-order valence-corrected chi connectivity index (χ2v) is 5.20. The zero-order valence-corrected chi connectivity index (χ0v) is 13.8. The lowest BCUT2D eigenvalue weighted by molar-refractivity contribution is -0.107. The number of furan rings is 1. The third-order valence-electron chi connectivity index (χ3n) is 2.93. The third kappa shape index (κ3) is 3.87. The fourth-order valence-electron chi connectivity index (χ4n) is 1.92. The lowest BCUT2D eigenvalue weighted by Crippen LogP contribution is -2.29. The molecule has 0 spiro atoms. The summed E-state index contributed by atoms with van der Waals surface area (Å²) in [4.78, 5) is 10.1. The number of hydroxylamine groups is 2. The van der Waals surface area contributed by atoms with E-state index in [1.807, 2.05) is 12.1 Å². The fourth-order valence-corrected chi connectivity index (χ4v) is 2.40. The van der Waals surface area contributed by atoms with E-state index in [4.69, 9.17) is 32.5 Å². The average molecular weight is 363 g/mol. The lowest BCUT2D eigenvalue weighted by Gasteiger charge is -2.16. The molecule has 0 saturated carbocycles. The molecule has 22 heavy (non-hydrogen) atoms. The van der Waals surface area contributed by atoms with Gasteiger partial charge in [-0.05, 0) is 24.3 Å². The molecule has 0 bridgehead atoms. The van der Waals surface area contributed by atoms with Gasteiger partial charge in [0.1, 0.15) is 18.1 Å². The van der Waals surface area contributed by atoms with Crippen molar-refractivity contribution in [2.24, 2.45) is 4.99 Å². The van der Waals surface area contributed by atoms with Crippen LogP contribution in [0.5, 0.6) is 0 Å². The van der Waals surface area contributed by atoms with Crippen LogP contribution in [0.15, 0.2) is 46.0 Å². The molecule has 0 unspecified atom stereocenters. The SMILES string of the molecule is Cl.Clc1cccc(Cl)c1/N=C1\NCCN1OCc1ccco1. The Morgan fingerprint density at radius 1 is 1.23 bits per heavy atom. The summed E-state index contributed by atoms with van der Waals surface area (Å²) < 4.78 is 5.23. The highest BCUT2D eigenvalue weighted by atomic mass is 35.5. The first kappa shape index (κ1) is 17.0. The highest BCUT2D eigenvalue weighted by molar-refractivity contribution is 6.38. The second kappa shape index (κ2) is 7.74. The van der Waals surface area contributed by atoms with Crippen LogP contribution in [0.25, 0.3) is 0 Å². The van der Waals surface area contributed by atoms with Gasteiger partial charge in [-0.2, -0.15) is 0 Å². The molecule has 0 radical (unpaired) electrons. The molecule has 0 atom stereocenters. The zero-order chi connectivity index (χ0) is 14.7. The maximum absolute atomic E-state index is 6.12. The molecule has 1 aliphatic rings. The van der Waals surface area contributed by atoms with Crippen molar-refractivity contribution in [3.05, 3.63) is 52.4 Å². The first-order valence-corrected chi connectivity index (χ1v) is 7.19. The van der Waals surface area contributed by atoms with Gasteiger partial charge >= 0.3 is 0 Å². The molecule has 5 nitrogen and oxygen atoms in total. The summed E-state index contributed by atoms with van der Waals surface area (Å²) in [5.41, 5.74) is 0.525. The van der Waals surface area contributed by atoms with Gasteiger partial charge in [0.05, 0.1) is 22.9 Å². The Kier molecular flexibility index (Phi) is 5.97. The van der Waals surface area contributed by atoms with Crippen molar-refractivity contribution in [3.8, 4) is 0 Å². The number of rotatable bonds is 4. The molecule has 118 valence electrons. The van der Waals surface area contributed by atoms with Crippen LogP contribution in [-0.2, 0) is 11.4 Å². The minimum Gasteiger partial charge on any atom is -0.467 e.